The van der Waals surface area contributed by atoms with Gasteiger partial charge in [0.1, 0.15) is 6.29 Å². The van der Waals surface area contributed by atoms with Crippen molar-refractivity contribution in [2.45, 2.75) is 46.6 Å². The van der Waals surface area contributed by atoms with Gasteiger partial charge in [-0.25, -0.2) is 0 Å². The molecule has 2 nitrogen and oxygen atoms in total. The fraction of sp³-hybridized carbons (Fsp3) is 0.917. The van der Waals surface area contributed by atoms with E-state index in [2.05, 4.69) is 39.6 Å². The summed E-state index contributed by atoms with van der Waals surface area (Å²) >= 11 is 0. The van der Waals surface area contributed by atoms with Crippen molar-refractivity contribution < 1.29 is 4.79 Å². The third-order valence-corrected chi connectivity index (χ3v) is 3.08. The Morgan fingerprint density at radius 1 is 1.21 bits per heavy atom. The van der Waals surface area contributed by atoms with Crippen LogP contribution in [0.4, 0.5) is 0 Å². The summed E-state index contributed by atoms with van der Waals surface area (Å²) in [5.41, 5.74) is 0. The number of hydrogen-bond acceptors (Lipinski definition) is 2. The normalized spacial score (nSPS) is 14.0. The zero-order valence-corrected chi connectivity index (χ0v) is 10.3. The summed E-state index contributed by atoms with van der Waals surface area (Å²) < 4.78 is 0. The third kappa shape index (κ3) is 5.38. The van der Waals surface area contributed by atoms with Crippen LogP contribution in [-0.4, -0.2) is 30.8 Å². The quantitative estimate of drug-likeness (QED) is 0.587. The van der Waals surface area contributed by atoms with E-state index in [1.54, 1.807) is 0 Å². The van der Waals surface area contributed by atoms with Crippen LogP contribution in [0.5, 0.6) is 0 Å². The van der Waals surface area contributed by atoms with Gasteiger partial charge in [0.15, 0.2) is 0 Å². The second-order valence-electron chi connectivity index (χ2n) is 4.77. The summed E-state index contributed by atoms with van der Waals surface area (Å²) in [6.07, 6.45) is 2.90. The van der Waals surface area contributed by atoms with Gasteiger partial charge in [0.25, 0.3) is 0 Å². The van der Waals surface area contributed by atoms with Gasteiger partial charge in [-0.3, -0.25) is 0 Å². The van der Waals surface area contributed by atoms with E-state index < -0.39 is 0 Å². The number of aldehydes is 1. The molecule has 0 aromatic rings. The van der Waals surface area contributed by atoms with Crippen LogP contribution < -0.4 is 0 Å². The lowest BCUT2D eigenvalue weighted by Crippen LogP contribution is -2.29. The molecule has 2 heteroatoms. The SMILES string of the molecule is CC(C)C(CC=O)CCN(C)C(C)C. The highest BCUT2D eigenvalue weighted by molar-refractivity contribution is 5.49. The van der Waals surface area contributed by atoms with Crippen molar-refractivity contribution >= 4 is 6.29 Å². The van der Waals surface area contributed by atoms with Gasteiger partial charge in [0, 0.05) is 12.5 Å². The maximum absolute atomic E-state index is 10.5. The maximum atomic E-state index is 10.5. The molecule has 0 aromatic carbocycles. The molecule has 84 valence electrons. The average Bonchev–Trinajstić information content (AvgIpc) is 2.10. The van der Waals surface area contributed by atoms with Gasteiger partial charge in [-0.15, -0.1) is 0 Å². The van der Waals surface area contributed by atoms with E-state index in [4.69, 9.17) is 0 Å². The van der Waals surface area contributed by atoms with Crippen molar-refractivity contribution in [3.05, 3.63) is 0 Å². The van der Waals surface area contributed by atoms with Crippen LogP contribution in [-0.2, 0) is 4.79 Å². The molecule has 0 aromatic heterocycles. The molecule has 0 aliphatic heterocycles. The molecule has 1 unspecified atom stereocenters. The second kappa shape index (κ2) is 6.99. The first-order valence-corrected chi connectivity index (χ1v) is 5.62. The average molecular weight is 199 g/mol. The van der Waals surface area contributed by atoms with E-state index in [0.29, 0.717) is 24.3 Å². The highest BCUT2D eigenvalue weighted by Gasteiger charge is 2.14. The van der Waals surface area contributed by atoms with Gasteiger partial charge in [0.2, 0.25) is 0 Å². The zero-order valence-electron chi connectivity index (χ0n) is 10.3. The van der Waals surface area contributed by atoms with Crippen molar-refractivity contribution in [2.24, 2.45) is 11.8 Å². The molecule has 0 saturated heterocycles. The predicted molar refractivity (Wildman–Crippen MR) is 61.4 cm³/mol. The molecule has 0 saturated carbocycles. The van der Waals surface area contributed by atoms with E-state index in [1.807, 2.05) is 0 Å². The molecule has 0 aliphatic carbocycles. The Bertz CT molecular complexity index is 154. The van der Waals surface area contributed by atoms with E-state index in [1.165, 1.54) is 0 Å². The van der Waals surface area contributed by atoms with Gasteiger partial charge in [-0.1, -0.05) is 13.8 Å². The lowest BCUT2D eigenvalue weighted by molar-refractivity contribution is -0.109. The fourth-order valence-corrected chi connectivity index (χ4v) is 1.47. The summed E-state index contributed by atoms with van der Waals surface area (Å²) in [5.74, 6) is 1.16. The van der Waals surface area contributed by atoms with E-state index in [0.717, 1.165) is 19.3 Å². The number of hydrogen-bond donors (Lipinski definition) is 0. The highest BCUT2D eigenvalue weighted by Crippen LogP contribution is 2.18. The molecule has 0 spiro atoms. The summed E-state index contributed by atoms with van der Waals surface area (Å²) in [6.45, 7) is 9.88. The minimum Gasteiger partial charge on any atom is -0.304 e. The number of carbonyl (C=O) groups is 1. The van der Waals surface area contributed by atoms with Gasteiger partial charge in [-0.2, -0.15) is 0 Å². The number of nitrogens with zero attached hydrogens (tertiary/aromatic N) is 1. The largest absolute Gasteiger partial charge is 0.304 e. The van der Waals surface area contributed by atoms with E-state index in [9.17, 15) is 4.79 Å². The van der Waals surface area contributed by atoms with Gasteiger partial charge in [-0.05, 0) is 45.7 Å². The van der Waals surface area contributed by atoms with Crippen LogP contribution in [0.3, 0.4) is 0 Å². The summed E-state index contributed by atoms with van der Waals surface area (Å²) in [4.78, 5) is 12.8. The Balaban J connectivity index is 3.87. The van der Waals surface area contributed by atoms with Crippen molar-refractivity contribution in [3.8, 4) is 0 Å². The van der Waals surface area contributed by atoms with Crippen LogP contribution in [0.1, 0.15) is 40.5 Å². The first-order chi connectivity index (χ1) is 6.49. The smallest absolute Gasteiger partial charge is 0.120 e. The lowest BCUT2D eigenvalue weighted by atomic mass is 9.90. The molecule has 0 heterocycles. The molecule has 0 rings (SSSR count). The zero-order chi connectivity index (χ0) is 11.1. The van der Waals surface area contributed by atoms with Gasteiger partial charge < -0.3 is 9.69 Å². The minimum absolute atomic E-state index is 0.550. The van der Waals surface area contributed by atoms with Crippen LogP contribution in [0, 0.1) is 11.8 Å². The topological polar surface area (TPSA) is 20.3 Å². The molecule has 0 aliphatic rings. The molecule has 0 bridgehead atoms. The first-order valence-electron chi connectivity index (χ1n) is 5.62. The molecule has 0 N–H and O–H groups in total. The highest BCUT2D eigenvalue weighted by atomic mass is 16.1. The summed E-state index contributed by atoms with van der Waals surface area (Å²) in [7, 11) is 2.14. The minimum atomic E-state index is 0.550. The molecular formula is C12H25NO. The van der Waals surface area contributed by atoms with Crippen LogP contribution in [0.2, 0.25) is 0 Å². The Morgan fingerprint density at radius 3 is 2.14 bits per heavy atom. The van der Waals surface area contributed by atoms with Gasteiger partial charge >= 0.3 is 0 Å². The van der Waals surface area contributed by atoms with E-state index >= 15 is 0 Å². The van der Waals surface area contributed by atoms with Crippen LogP contribution in [0.25, 0.3) is 0 Å². The van der Waals surface area contributed by atoms with Crippen LogP contribution >= 0.6 is 0 Å². The summed E-state index contributed by atoms with van der Waals surface area (Å²) in [5, 5.41) is 0. The molecule has 1 atom stereocenters. The standard InChI is InChI=1S/C12H25NO/c1-10(2)12(7-9-14)6-8-13(5)11(3)4/h9-12H,6-8H2,1-5H3. The molecule has 14 heavy (non-hydrogen) atoms. The van der Waals surface area contributed by atoms with Crippen molar-refractivity contribution in [1.29, 1.82) is 0 Å². The Morgan fingerprint density at radius 2 is 1.79 bits per heavy atom. The van der Waals surface area contributed by atoms with E-state index in [-0.39, 0.29) is 0 Å². The molecule has 0 radical (unpaired) electrons. The van der Waals surface area contributed by atoms with Crippen molar-refractivity contribution in [2.75, 3.05) is 13.6 Å². The Labute approximate surface area is 88.7 Å². The Kier molecular flexibility index (Phi) is 6.81. The van der Waals surface area contributed by atoms with Crippen molar-refractivity contribution in [1.82, 2.24) is 4.90 Å². The predicted octanol–water partition coefficient (Wildman–Crippen LogP) is 2.58. The molecule has 0 fully saturated rings. The molecular weight excluding hydrogens is 174 g/mol. The molecule has 0 amide bonds. The lowest BCUT2D eigenvalue weighted by Gasteiger charge is -2.25. The van der Waals surface area contributed by atoms with Gasteiger partial charge in [0.05, 0.1) is 0 Å². The van der Waals surface area contributed by atoms with Crippen molar-refractivity contribution in [3.63, 3.8) is 0 Å². The number of carbonyl (C=O) groups excluding carboxylic acids is 1. The third-order valence-electron chi connectivity index (χ3n) is 3.08. The van der Waals surface area contributed by atoms with Crippen LogP contribution in [0.15, 0.2) is 0 Å². The number of rotatable bonds is 7. The summed E-state index contributed by atoms with van der Waals surface area (Å²) in [6, 6.07) is 0.596. The fourth-order valence-electron chi connectivity index (χ4n) is 1.47. The first kappa shape index (κ1) is 13.6. The second-order valence-corrected chi connectivity index (χ2v) is 4.77. The Hall–Kier alpha value is -0.370. The monoisotopic (exact) mass is 199 g/mol. The maximum Gasteiger partial charge on any atom is 0.120 e.